The molecule has 2 rings (SSSR count). The second-order valence-corrected chi connectivity index (χ2v) is 155. The first kappa shape index (κ1) is 91.1. The van der Waals surface area contributed by atoms with Crippen molar-refractivity contribution in [1.29, 1.82) is 0 Å². The second kappa shape index (κ2) is 26.0. The molecule has 538 valence electrons. The quantitative estimate of drug-likeness (QED) is 0.0646. The van der Waals surface area contributed by atoms with Gasteiger partial charge in [-0.15, -0.1) is 0 Å². The van der Waals surface area contributed by atoms with Gasteiger partial charge in [-0.1, -0.05) is 399 Å². The molecule has 0 N–H and O–H groups in total. The lowest BCUT2D eigenvalue weighted by Gasteiger charge is -2.65. The predicted octanol–water partition coefficient (Wildman–Crippen LogP) is 27.7. The van der Waals surface area contributed by atoms with Crippen LogP contribution in [0.3, 0.4) is 0 Å². The van der Waals surface area contributed by atoms with E-state index in [1.807, 2.05) is 43.2 Å². The van der Waals surface area contributed by atoms with E-state index < -0.39 is 145 Å². The molecule has 92 heavy (non-hydrogen) atoms. The summed E-state index contributed by atoms with van der Waals surface area (Å²) in [5, 5.41) is 0. The van der Waals surface area contributed by atoms with Gasteiger partial charge in [0.05, 0.1) is 0 Å². The van der Waals surface area contributed by atoms with E-state index >= 15 is 0 Å². The van der Waals surface area contributed by atoms with Crippen molar-refractivity contribution in [3.8, 4) is 0 Å². The van der Waals surface area contributed by atoms with Crippen LogP contribution in [-0.2, 0) is 25.7 Å². The maximum absolute atomic E-state index is 3.22. The molecule has 0 saturated carbocycles. The molecule has 0 bridgehead atoms. The van der Waals surface area contributed by atoms with Crippen molar-refractivity contribution >= 4 is 167 Å². The summed E-state index contributed by atoms with van der Waals surface area (Å²) in [7, 11) is -32.5. The Hall–Kier alpha value is 3.04. The molecule has 0 nitrogen and oxygen atoms in total. The fourth-order valence-corrected chi connectivity index (χ4v) is 215. The molecule has 0 aliphatic carbocycles. The molecule has 0 fully saturated rings. The van der Waals surface area contributed by atoms with Crippen LogP contribution in [-0.4, -0.2) is 145 Å². The van der Waals surface area contributed by atoms with Crippen LogP contribution in [0.2, 0.25) is 354 Å². The fourth-order valence-electron chi connectivity index (χ4n) is 30.8. The Kier molecular flexibility index (Phi) is 25.7. The summed E-state index contributed by atoms with van der Waals surface area (Å²) in [5.74, 6) is 0. The lowest BCUT2D eigenvalue weighted by Crippen LogP contribution is -2.77. The van der Waals surface area contributed by atoms with Crippen LogP contribution in [0, 0.1) is 0 Å². The highest BCUT2D eigenvalue weighted by Crippen LogP contribution is 2.66. The van der Waals surface area contributed by atoms with Crippen molar-refractivity contribution in [3.05, 3.63) is 57.6 Å². The van der Waals surface area contributed by atoms with Gasteiger partial charge in [0.1, 0.15) is 0 Å². The molecule has 0 atom stereocenters. The van der Waals surface area contributed by atoms with Gasteiger partial charge < -0.3 is 0 Å². The summed E-state index contributed by atoms with van der Waals surface area (Å²) in [6.07, 6.45) is 0. The molecule has 0 aliphatic heterocycles. The standard InChI is InChI=1S/C72H166S2Si18/c1-75(2,3)67(76(4,5)6,77(7,8)9)59-55-61(69(81(19,20)21,82(22,23)24)83(25,26)27)65(62(56-59)70(84(28,29)30,85(31,32)33)86(34,35)36)73-74-66-63(71(87(37,38)39,88(40,41)42)89(43,44)45)57-60(68(78(10,11)12,79(13,14)15)80(16,17)18)58-64(66)72(90(46,47)48,91(49,50)51)92(52,53)54/h55-58H,1-54H3. The number of hydrogen-bond acceptors (Lipinski definition) is 2. The van der Waals surface area contributed by atoms with E-state index in [1.54, 1.807) is 0 Å². The van der Waals surface area contributed by atoms with E-state index in [0.29, 0.717) is 0 Å². The van der Waals surface area contributed by atoms with Crippen molar-refractivity contribution < 1.29 is 0 Å². The van der Waals surface area contributed by atoms with Gasteiger partial charge in [-0.2, -0.15) is 0 Å². The Morgan fingerprint density at radius 3 is 0.315 bits per heavy atom. The fraction of sp³-hybridized carbons (Fsp3) is 0.833. The van der Waals surface area contributed by atoms with Gasteiger partial charge in [0, 0.05) is 155 Å². The average molecular weight is 1600 g/mol. The Morgan fingerprint density at radius 1 is 0.152 bits per heavy atom. The minimum Gasteiger partial charge on any atom is -0.0693 e. The van der Waals surface area contributed by atoms with E-state index in [0.717, 1.165) is 0 Å². The van der Waals surface area contributed by atoms with Crippen molar-refractivity contribution in [1.82, 2.24) is 0 Å². The zero-order valence-corrected chi connectivity index (χ0v) is 92.8. The summed E-state index contributed by atoms with van der Waals surface area (Å²) < 4.78 is 1.18. The molecule has 0 saturated heterocycles. The van der Waals surface area contributed by atoms with Crippen LogP contribution < -0.4 is 0 Å². The van der Waals surface area contributed by atoms with Crippen LogP contribution in [0.1, 0.15) is 33.4 Å². The zero-order chi connectivity index (χ0) is 74.9. The van der Waals surface area contributed by atoms with E-state index in [1.165, 1.54) is 0 Å². The van der Waals surface area contributed by atoms with Gasteiger partial charge in [0.15, 0.2) is 0 Å². The lowest BCUT2D eigenvalue weighted by atomic mass is 10.1. The van der Waals surface area contributed by atoms with Crippen LogP contribution in [0.5, 0.6) is 0 Å². The topological polar surface area (TPSA) is 0 Å². The van der Waals surface area contributed by atoms with Crippen molar-refractivity contribution in [2.75, 3.05) is 0 Å². The SMILES string of the molecule is C[Si](C)(C)C(c1cc(C([Si](C)(C)C)([Si](C)(C)C)[Si](C)(C)C)c(SSc2c(C([Si](C)(C)C)([Si](C)(C)C)[Si](C)(C)C)cc(C([Si](C)(C)C)([Si](C)(C)C)[Si](C)(C)C)cc2C([Si](C)(C)C)([Si](C)(C)C)[Si](C)(C)C)c(C([Si](C)(C)C)([Si](C)(C)C)[Si](C)(C)C)c1)([Si](C)(C)C)[Si](C)(C)C. The van der Waals surface area contributed by atoms with Crippen LogP contribution in [0.15, 0.2) is 34.1 Å². The highest BCUT2D eigenvalue weighted by Gasteiger charge is 2.71. The minimum atomic E-state index is -2.13. The first-order chi connectivity index (χ1) is 39.1. The number of hydrogen-bond donors (Lipinski definition) is 0. The van der Waals surface area contributed by atoms with Crippen molar-refractivity contribution in [2.45, 2.75) is 389 Å². The third-order valence-electron chi connectivity index (χ3n) is 25.1. The maximum Gasteiger partial charge on any atom is 0.0500 e. The van der Waals surface area contributed by atoms with Crippen LogP contribution in [0.4, 0.5) is 0 Å². The Bertz CT molecular complexity index is 2380. The lowest BCUT2D eigenvalue weighted by molar-refractivity contribution is 0.889. The summed E-state index contributed by atoms with van der Waals surface area (Å²) in [6.45, 7) is 156. The van der Waals surface area contributed by atoms with Crippen LogP contribution >= 0.6 is 21.6 Å². The second-order valence-electron chi connectivity index (χ2n) is 49.0. The Labute approximate surface area is 607 Å². The molecular weight excluding hydrogens is 1430 g/mol. The first-order valence-corrected chi connectivity index (χ1v) is 102. The van der Waals surface area contributed by atoms with E-state index in [2.05, 4.69) is 399 Å². The molecule has 20 heteroatoms. The van der Waals surface area contributed by atoms with Crippen LogP contribution in [0.25, 0.3) is 0 Å². The molecule has 2 aromatic rings. The van der Waals surface area contributed by atoms with Gasteiger partial charge in [0.2, 0.25) is 0 Å². The molecule has 0 aliphatic rings. The van der Waals surface area contributed by atoms with E-state index in [4.69, 9.17) is 0 Å². The van der Waals surface area contributed by atoms with E-state index in [9.17, 15) is 0 Å². The number of rotatable bonds is 27. The smallest absolute Gasteiger partial charge is 0.0500 e. The summed E-state index contributed by atoms with van der Waals surface area (Å²) in [4.78, 5) is 3.66. The zero-order valence-electron chi connectivity index (χ0n) is 73.1. The molecule has 0 radical (unpaired) electrons. The van der Waals surface area contributed by atoms with E-state index in [-0.39, 0.29) is 25.7 Å². The largest absolute Gasteiger partial charge is 0.0693 e. The van der Waals surface area contributed by atoms with Gasteiger partial charge >= 0.3 is 0 Å². The van der Waals surface area contributed by atoms with Crippen molar-refractivity contribution in [3.63, 3.8) is 0 Å². The van der Waals surface area contributed by atoms with Gasteiger partial charge in [-0.05, 0) is 59.1 Å². The highest BCUT2D eigenvalue weighted by molar-refractivity contribution is 8.76. The highest BCUT2D eigenvalue weighted by atomic mass is 33.1. The molecule has 0 unspecified atom stereocenters. The maximum atomic E-state index is 3.22. The molecule has 0 amide bonds. The Balaban J connectivity index is 4.77. The average Bonchev–Trinajstić information content (AvgIpc) is 0.676. The molecule has 0 aromatic heterocycles. The molecule has 0 spiro atoms. The van der Waals surface area contributed by atoms with Crippen molar-refractivity contribution in [2.24, 2.45) is 0 Å². The van der Waals surface area contributed by atoms with Gasteiger partial charge in [-0.3, -0.25) is 0 Å². The normalized spacial score (nSPS) is 16.5. The summed E-state index contributed by atoms with van der Waals surface area (Å²) >= 11 is 0. The minimum absolute atomic E-state index is 0.174. The first-order valence-electron chi connectivity index (χ1n) is 36.9. The predicted molar refractivity (Wildman–Crippen MR) is 495 cm³/mol. The Morgan fingerprint density at radius 2 is 0.239 bits per heavy atom. The van der Waals surface area contributed by atoms with Gasteiger partial charge in [-0.25, -0.2) is 0 Å². The monoisotopic (exact) mass is 1600 g/mol. The third-order valence-corrected chi connectivity index (χ3v) is 154. The molecule has 2 aromatic carbocycles. The summed E-state index contributed by atoms with van der Waals surface area (Å²) in [5.41, 5.74) is 11.4. The molecule has 0 heterocycles. The van der Waals surface area contributed by atoms with Gasteiger partial charge in [0.25, 0.3) is 0 Å². The number of benzene rings is 2. The third kappa shape index (κ3) is 13.9. The molecular formula is C72H166S2Si18. The summed E-state index contributed by atoms with van der Waals surface area (Å²) in [6, 6.07) is 12.9.